The summed E-state index contributed by atoms with van der Waals surface area (Å²) >= 11 is 0. The zero-order chi connectivity index (χ0) is 49.8. The molecule has 69 heavy (non-hydrogen) atoms. The Morgan fingerprint density at radius 2 is 0.406 bits per heavy atom. The lowest BCUT2D eigenvalue weighted by atomic mass is 10.1. The van der Waals surface area contributed by atoms with Gasteiger partial charge in [-0.1, -0.05) is 211 Å². The molecule has 0 saturated carbocycles. The SMILES string of the molecule is CCC=CCCC.CCCC=CCC12OC3OC4(CC=CCCC)OC(CC=CCCC)(O1)OC1(CC=CCCC)OC(CC=CCCC)(O2)OC(CC=CCCC)(O3)OC(CC=CCCC)(O4)O1. The monoisotopic (exact) mass is 969 g/mol. The number of hydrogen-bond acceptors (Lipinski definition) is 12. The van der Waals surface area contributed by atoms with Gasteiger partial charge in [0.1, 0.15) is 0 Å². The van der Waals surface area contributed by atoms with Gasteiger partial charge in [-0.2, -0.15) is 0 Å². The van der Waals surface area contributed by atoms with Crippen LogP contribution in [-0.4, -0.2) is 48.3 Å². The second-order valence-electron chi connectivity index (χ2n) is 18.3. The van der Waals surface area contributed by atoms with Gasteiger partial charge in [0.05, 0.1) is 0 Å². The Hall–Kier alpha value is -2.56. The van der Waals surface area contributed by atoms with Crippen molar-refractivity contribution in [2.24, 2.45) is 0 Å². The fraction of sp³-hybridized carbons (Fsp3) is 0.719. The quantitative estimate of drug-likeness (QED) is 0.0617. The lowest BCUT2D eigenvalue weighted by Crippen LogP contribution is -2.77. The molecular weight excluding hydrogens is 877 g/mol. The first-order valence-corrected chi connectivity index (χ1v) is 27.0. The molecule has 0 radical (unpaired) electrons. The molecule has 6 fully saturated rings. The van der Waals surface area contributed by atoms with Crippen LogP contribution in [0.25, 0.3) is 0 Å². The van der Waals surface area contributed by atoms with Crippen molar-refractivity contribution in [2.75, 3.05) is 0 Å². The van der Waals surface area contributed by atoms with Gasteiger partial charge in [0.25, 0.3) is 48.3 Å². The molecule has 0 aromatic rings. The van der Waals surface area contributed by atoms with Gasteiger partial charge in [0.2, 0.25) is 0 Å². The van der Waals surface area contributed by atoms with Gasteiger partial charge in [0.15, 0.2) is 0 Å². The third-order valence-corrected chi connectivity index (χ3v) is 11.4. The van der Waals surface area contributed by atoms with Crippen LogP contribution in [0.2, 0.25) is 0 Å². The maximum atomic E-state index is 7.32. The van der Waals surface area contributed by atoms with Crippen molar-refractivity contribution in [1.82, 2.24) is 0 Å². The molecule has 0 aromatic carbocycles. The second-order valence-corrected chi connectivity index (χ2v) is 18.3. The first-order valence-electron chi connectivity index (χ1n) is 27.0. The number of allylic oxidation sites excluding steroid dienone is 9. The molecule has 6 aliphatic rings. The first-order chi connectivity index (χ1) is 33.5. The van der Waals surface area contributed by atoms with Crippen LogP contribution >= 0.6 is 0 Å². The maximum absolute atomic E-state index is 7.32. The van der Waals surface area contributed by atoms with Crippen molar-refractivity contribution < 1.29 is 56.8 Å². The molecule has 6 rings (SSSR count). The van der Waals surface area contributed by atoms with Crippen LogP contribution in [0.15, 0.2) is 97.2 Å². The summed E-state index contributed by atoms with van der Waals surface area (Å²) in [4.78, 5) is 0. The van der Waals surface area contributed by atoms with Crippen molar-refractivity contribution in [1.29, 1.82) is 0 Å². The first kappa shape index (κ1) is 59.0. The standard InChI is InChI=1S/C50H78O12.C7H14/c1-8-15-22-29-36-44-51-43-52-45(37-30-23-16-9-2)56-47(54-44,39-32-25-18-11-4)60-50(42-35-28-21-14-7)61-48(55-44,40-33-26-19-12-5)57-46(53-43,38-31-24-17-10-3)59-49(58-45,62-50)41-34-27-20-13-6;1-3-5-7-6-4-2/h22-35,43H,8-21,36-42H2,1-7H3;5,7H,3-4,6H2,1-2H3. The Morgan fingerprint density at radius 3 is 0.594 bits per heavy atom. The molecule has 0 aliphatic carbocycles. The molecule has 0 atom stereocenters. The average Bonchev–Trinajstić information content (AvgIpc) is 3.29. The number of hydrogen-bond donors (Lipinski definition) is 0. The van der Waals surface area contributed by atoms with E-state index in [1.165, 1.54) is 19.3 Å². The van der Waals surface area contributed by atoms with Gasteiger partial charge >= 0.3 is 0 Å². The minimum absolute atomic E-state index is 0.0296. The van der Waals surface area contributed by atoms with Gasteiger partial charge < -0.3 is 0 Å². The topological polar surface area (TPSA) is 111 Å². The predicted molar refractivity (Wildman–Crippen MR) is 271 cm³/mol. The van der Waals surface area contributed by atoms with Crippen LogP contribution in [0.4, 0.5) is 0 Å². The van der Waals surface area contributed by atoms with E-state index < -0.39 is 48.3 Å². The van der Waals surface area contributed by atoms with Gasteiger partial charge in [-0.3, -0.25) is 56.8 Å². The van der Waals surface area contributed by atoms with E-state index in [4.69, 9.17) is 56.8 Å². The highest BCUT2D eigenvalue weighted by Crippen LogP contribution is 2.58. The molecular formula is C57H92O12. The van der Waals surface area contributed by atoms with Gasteiger partial charge in [-0.25, -0.2) is 0 Å². The van der Waals surface area contributed by atoms with E-state index in [0.717, 1.165) is 89.9 Å². The van der Waals surface area contributed by atoms with E-state index in [1.807, 2.05) is 42.5 Å². The molecule has 0 amide bonds. The van der Waals surface area contributed by atoms with E-state index in [0.29, 0.717) is 0 Å². The van der Waals surface area contributed by atoms with Crippen LogP contribution in [-0.2, 0) is 56.8 Å². The highest BCUT2D eigenvalue weighted by atomic mass is 17.2. The fourth-order valence-electron chi connectivity index (χ4n) is 8.03. The average molecular weight is 969 g/mol. The molecule has 0 unspecified atom stereocenters. The molecule has 6 saturated heterocycles. The van der Waals surface area contributed by atoms with Gasteiger partial charge in [-0.05, 0) is 57.8 Å². The Bertz CT molecular complexity index is 1490. The predicted octanol–water partition coefficient (Wildman–Crippen LogP) is 16.1. The number of rotatable bonds is 31. The van der Waals surface area contributed by atoms with Crippen molar-refractivity contribution in [2.45, 2.75) is 265 Å². The molecule has 12 nitrogen and oxygen atoms in total. The van der Waals surface area contributed by atoms with Gasteiger partial charge in [-0.15, -0.1) is 0 Å². The van der Waals surface area contributed by atoms with Crippen LogP contribution in [0.1, 0.15) is 216 Å². The minimum atomic E-state index is -2.09. The summed E-state index contributed by atoms with van der Waals surface area (Å²) in [6.45, 7) is 17.6. The summed E-state index contributed by atoms with van der Waals surface area (Å²) in [6, 6.07) is 0. The van der Waals surface area contributed by atoms with E-state index in [9.17, 15) is 0 Å². The lowest BCUT2D eigenvalue weighted by Gasteiger charge is -2.63. The van der Waals surface area contributed by atoms with Crippen molar-refractivity contribution in [3.05, 3.63) is 97.2 Å². The molecule has 0 aromatic heterocycles. The highest BCUT2D eigenvalue weighted by Gasteiger charge is 2.74. The normalized spacial score (nSPS) is 33.5. The molecule has 0 spiro atoms. The van der Waals surface area contributed by atoms with Crippen LogP contribution in [0.3, 0.4) is 0 Å². The van der Waals surface area contributed by atoms with Crippen molar-refractivity contribution in [3.63, 3.8) is 0 Å². The Balaban J connectivity index is 0.00000137. The molecule has 6 aliphatic heterocycles. The highest BCUT2D eigenvalue weighted by molar-refractivity contribution is 5.01. The van der Waals surface area contributed by atoms with E-state index in [-0.39, 0.29) is 44.9 Å². The zero-order valence-corrected chi connectivity index (χ0v) is 44.2. The number of unbranched alkanes of at least 4 members (excludes halogenated alkanes) is 8. The third kappa shape index (κ3) is 18.5. The fourth-order valence-corrected chi connectivity index (χ4v) is 8.03. The summed E-state index contributed by atoms with van der Waals surface area (Å²) < 4.78 is 86.2. The summed E-state index contributed by atoms with van der Waals surface area (Å²) in [5, 5.41) is 0. The Labute approximate surface area is 417 Å². The van der Waals surface area contributed by atoms with Crippen LogP contribution < -0.4 is 0 Å². The summed E-state index contributed by atoms with van der Waals surface area (Å²) in [5.74, 6) is -14.4. The zero-order valence-electron chi connectivity index (χ0n) is 44.2. The summed E-state index contributed by atoms with van der Waals surface area (Å²) in [6.07, 6.45) is 48.7. The molecule has 6 heterocycles. The molecule has 392 valence electrons. The Morgan fingerprint density at radius 1 is 0.232 bits per heavy atom. The second kappa shape index (κ2) is 30.5. The third-order valence-electron chi connectivity index (χ3n) is 11.4. The van der Waals surface area contributed by atoms with Crippen molar-refractivity contribution in [3.8, 4) is 0 Å². The maximum Gasteiger partial charge on any atom is 0.299 e. The number of ether oxygens (including phenoxy) is 12. The molecule has 0 N–H and O–H groups in total. The van der Waals surface area contributed by atoms with E-state index >= 15 is 0 Å². The minimum Gasteiger partial charge on any atom is -0.271 e. The summed E-state index contributed by atoms with van der Waals surface area (Å²) in [5.41, 5.74) is 0. The van der Waals surface area contributed by atoms with E-state index in [2.05, 4.69) is 117 Å². The lowest BCUT2D eigenvalue weighted by molar-refractivity contribution is -0.777. The van der Waals surface area contributed by atoms with Gasteiger partial charge in [0, 0.05) is 44.9 Å². The van der Waals surface area contributed by atoms with Crippen LogP contribution in [0.5, 0.6) is 0 Å². The van der Waals surface area contributed by atoms with Crippen LogP contribution in [0, 0.1) is 0 Å². The molecule has 8 bridgehead atoms. The Kier molecular flexibility index (Phi) is 26.1. The van der Waals surface area contributed by atoms with Crippen molar-refractivity contribution >= 4 is 0 Å². The largest absolute Gasteiger partial charge is 0.299 e. The molecule has 12 heteroatoms. The smallest absolute Gasteiger partial charge is 0.271 e. The summed E-state index contributed by atoms with van der Waals surface area (Å²) in [7, 11) is 0. The van der Waals surface area contributed by atoms with E-state index in [1.54, 1.807) is 0 Å².